The lowest BCUT2D eigenvalue weighted by atomic mass is 10.1. The van der Waals surface area contributed by atoms with Crippen LogP contribution in [0.3, 0.4) is 0 Å². The van der Waals surface area contributed by atoms with Crippen LogP contribution in [0, 0.1) is 5.82 Å². The van der Waals surface area contributed by atoms with Crippen molar-refractivity contribution in [2.45, 2.75) is 13.0 Å². The first-order chi connectivity index (χ1) is 15.4. The summed E-state index contributed by atoms with van der Waals surface area (Å²) in [5, 5.41) is 3.46. The molecule has 3 N–H and O–H groups in total. The van der Waals surface area contributed by atoms with Crippen molar-refractivity contribution in [3.63, 3.8) is 0 Å². The van der Waals surface area contributed by atoms with Crippen LogP contribution in [-0.2, 0) is 0 Å². The molecule has 166 valence electrons. The Morgan fingerprint density at radius 2 is 1.81 bits per heavy atom. The van der Waals surface area contributed by atoms with Gasteiger partial charge in [0.1, 0.15) is 5.82 Å². The van der Waals surface area contributed by atoms with Crippen LogP contribution >= 0.6 is 11.6 Å². The number of rotatable bonds is 5. The molecule has 0 spiro atoms. The van der Waals surface area contributed by atoms with E-state index in [2.05, 4.69) is 25.2 Å². The number of benzene rings is 2. The number of carbonyl (C=O) groups is 1. The number of anilines is 3. The van der Waals surface area contributed by atoms with Gasteiger partial charge in [0.15, 0.2) is 5.82 Å². The molecule has 1 unspecified atom stereocenters. The van der Waals surface area contributed by atoms with Crippen LogP contribution in [0.15, 0.2) is 48.5 Å². The fourth-order valence-corrected chi connectivity index (χ4v) is 3.78. The molecule has 3 aromatic rings. The van der Waals surface area contributed by atoms with Gasteiger partial charge in [0.05, 0.1) is 11.6 Å². The Morgan fingerprint density at radius 1 is 1.09 bits per heavy atom. The summed E-state index contributed by atoms with van der Waals surface area (Å²) in [5.74, 6) is 0.100. The number of piperazine rings is 1. The number of carbonyl (C=O) groups excluding carboxylic acids is 1. The average Bonchev–Trinajstić information content (AvgIpc) is 2.80. The van der Waals surface area contributed by atoms with Gasteiger partial charge in [0.2, 0.25) is 11.9 Å². The summed E-state index contributed by atoms with van der Waals surface area (Å²) in [4.78, 5) is 29.5. The van der Waals surface area contributed by atoms with Crippen molar-refractivity contribution in [3.8, 4) is 0 Å². The van der Waals surface area contributed by atoms with Crippen LogP contribution in [-0.4, -0.2) is 56.8 Å². The quantitative estimate of drug-likeness (QED) is 0.607. The van der Waals surface area contributed by atoms with Crippen LogP contribution in [0.5, 0.6) is 0 Å². The number of nitrogens with two attached hydrogens (primary N) is 1. The Labute approximate surface area is 190 Å². The summed E-state index contributed by atoms with van der Waals surface area (Å²) in [6, 6.07) is 13.4. The highest BCUT2D eigenvalue weighted by atomic mass is 35.5. The summed E-state index contributed by atoms with van der Waals surface area (Å²) in [6.45, 7) is 4.05. The molecule has 1 aliphatic heterocycles. The molecule has 2 heterocycles. The lowest BCUT2D eigenvalue weighted by Crippen LogP contribution is -2.49. The van der Waals surface area contributed by atoms with Gasteiger partial charge in [-0.2, -0.15) is 15.0 Å². The summed E-state index contributed by atoms with van der Waals surface area (Å²) in [6.07, 6.45) is 0. The van der Waals surface area contributed by atoms with Gasteiger partial charge < -0.3 is 16.0 Å². The minimum Gasteiger partial charge on any atom is -0.368 e. The topological polar surface area (TPSA) is 100 Å². The number of aromatic nitrogens is 3. The fraction of sp³-hybridized carbons (Fsp3) is 0.273. The van der Waals surface area contributed by atoms with Gasteiger partial charge in [0, 0.05) is 36.9 Å². The van der Waals surface area contributed by atoms with Gasteiger partial charge in [-0.1, -0.05) is 29.8 Å². The third-order valence-electron chi connectivity index (χ3n) is 5.38. The van der Waals surface area contributed by atoms with Crippen LogP contribution < -0.4 is 11.1 Å². The van der Waals surface area contributed by atoms with E-state index in [4.69, 9.17) is 17.3 Å². The molecule has 10 heteroatoms. The Bertz CT molecular complexity index is 1110. The van der Waals surface area contributed by atoms with Crippen molar-refractivity contribution in [1.82, 2.24) is 24.8 Å². The predicted octanol–water partition coefficient (Wildman–Crippen LogP) is 3.51. The number of halogens is 2. The number of amides is 1. The second-order valence-corrected chi connectivity index (χ2v) is 7.93. The van der Waals surface area contributed by atoms with Gasteiger partial charge in [-0.25, -0.2) is 4.39 Å². The van der Waals surface area contributed by atoms with Gasteiger partial charge in [-0.05, 0) is 37.3 Å². The molecule has 1 amide bonds. The zero-order chi connectivity index (χ0) is 22.7. The van der Waals surface area contributed by atoms with E-state index in [9.17, 15) is 9.18 Å². The van der Waals surface area contributed by atoms with Crippen molar-refractivity contribution < 1.29 is 9.18 Å². The predicted molar refractivity (Wildman–Crippen MR) is 121 cm³/mol. The van der Waals surface area contributed by atoms with Crippen LogP contribution in [0.4, 0.5) is 22.0 Å². The molecule has 8 nitrogen and oxygen atoms in total. The third kappa shape index (κ3) is 4.95. The maximum absolute atomic E-state index is 14.1. The summed E-state index contributed by atoms with van der Waals surface area (Å²) in [5.41, 5.74) is 6.74. The minimum absolute atomic E-state index is 0.0131. The maximum atomic E-state index is 14.1. The zero-order valence-electron chi connectivity index (χ0n) is 17.5. The Balaban J connectivity index is 1.42. The molecule has 0 radical (unpaired) electrons. The average molecular weight is 456 g/mol. The first-order valence-electron chi connectivity index (χ1n) is 10.2. The molecular weight excluding hydrogens is 433 g/mol. The first kappa shape index (κ1) is 21.9. The molecule has 32 heavy (non-hydrogen) atoms. The van der Waals surface area contributed by atoms with Crippen molar-refractivity contribution in [2.75, 3.05) is 37.2 Å². The zero-order valence-corrected chi connectivity index (χ0v) is 18.3. The number of hydrogen-bond donors (Lipinski definition) is 2. The molecule has 1 atom stereocenters. The maximum Gasteiger partial charge on any atom is 0.256 e. The molecule has 2 aromatic carbocycles. The van der Waals surface area contributed by atoms with Gasteiger partial charge in [-0.15, -0.1) is 0 Å². The highest BCUT2D eigenvalue weighted by Gasteiger charge is 2.28. The van der Waals surface area contributed by atoms with Crippen LogP contribution in [0.2, 0.25) is 5.02 Å². The van der Waals surface area contributed by atoms with E-state index in [-0.39, 0.29) is 23.5 Å². The number of nitrogens with one attached hydrogen (secondary N) is 1. The van der Waals surface area contributed by atoms with Crippen LogP contribution in [0.1, 0.15) is 29.1 Å². The SMILES string of the molecule is CC(c1nc(N)nc(Nc2ccccc2)n1)N1CCN(C(=O)c2cc(Cl)ccc2F)CC1. The van der Waals surface area contributed by atoms with E-state index in [0.717, 1.165) is 5.69 Å². The largest absolute Gasteiger partial charge is 0.368 e. The van der Waals surface area contributed by atoms with Crippen molar-refractivity contribution in [3.05, 3.63) is 70.8 Å². The second-order valence-electron chi connectivity index (χ2n) is 7.49. The molecule has 1 fully saturated rings. The molecule has 1 saturated heterocycles. The van der Waals surface area contributed by atoms with E-state index < -0.39 is 5.82 Å². The highest BCUT2D eigenvalue weighted by Crippen LogP contribution is 2.23. The van der Waals surface area contributed by atoms with Gasteiger partial charge >= 0.3 is 0 Å². The Hall–Kier alpha value is -3.30. The van der Waals surface area contributed by atoms with E-state index in [1.165, 1.54) is 18.2 Å². The first-order valence-corrected chi connectivity index (χ1v) is 10.6. The molecule has 1 aromatic heterocycles. The van der Waals surface area contributed by atoms with Crippen molar-refractivity contribution in [1.29, 1.82) is 0 Å². The standard InChI is InChI=1S/C22H23ClFN7O/c1-14(19-27-21(25)29-22(28-19)26-16-5-3-2-4-6-16)30-9-11-31(12-10-30)20(32)17-13-15(23)7-8-18(17)24/h2-8,13-14H,9-12H2,1H3,(H3,25,26,27,28,29). The number of nitrogen functional groups attached to an aromatic ring is 1. The normalized spacial score (nSPS) is 15.4. The highest BCUT2D eigenvalue weighted by molar-refractivity contribution is 6.31. The molecule has 4 rings (SSSR count). The molecule has 0 aliphatic carbocycles. The van der Waals surface area contributed by atoms with Gasteiger partial charge in [0.25, 0.3) is 5.91 Å². The number of nitrogens with zero attached hydrogens (tertiary/aromatic N) is 5. The fourth-order valence-electron chi connectivity index (χ4n) is 3.61. The third-order valence-corrected chi connectivity index (χ3v) is 5.62. The Morgan fingerprint density at radius 3 is 2.53 bits per heavy atom. The number of para-hydroxylation sites is 1. The summed E-state index contributed by atoms with van der Waals surface area (Å²) < 4.78 is 14.1. The lowest BCUT2D eigenvalue weighted by Gasteiger charge is -2.37. The number of hydrogen-bond acceptors (Lipinski definition) is 7. The van der Waals surface area contributed by atoms with Crippen LogP contribution in [0.25, 0.3) is 0 Å². The van der Waals surface area contributed by atoms with E-state index in [0.29, 0.717) is 43.0 Å². The molecule has 1 aliphatic rings. The Kier molecular flexibility index (Phi) is 6.48. The second kappa shape index (κ2) is 9.46. The minimum atomic E-state index is -0.575. The van der Waals surface area contributed by atoms with E-state index in [1.54, 1.807) is 4.90 Å². The van der Waals surface area contributed by atoms with Crippen molar-refractivity contribution in [2.24, 2.45) is 0 Å². The monoisotopic (exact) mass is 455 g/mol. The van der Waals surface area contributed by atoms with E-state index >= 15 is 0 Å². The summed E-state index contributed by atoms with van der Waals surface area (Å²) >= 11 is 5.93. The lowest BCUT2D eigenvalue weighted by molar-refractivity contribution is 0.0571. The summed E-state index contributed by atoms with van der Waals surface area (Å²) in [7, 11) is 0. The van der Waals surface area contributed by atoms with E-state index in [1.807, 2.05) is 37.3 Å². The molecular formula is C22H23ClFN7O. The van der Waals surface area contributed by atoms with Crippen molar-refractivity contribution >= 4 is 35.1 Å². The smallest absolute Gasteiger partial charge is 0.256 e. The molecule has 0 bridgehead atoms. The molecule has 0 saturated carbocycles. The van der Waals surface area contributed by atoms with Gasteiger partial charge in [-0.3, -0.25) is 9.69 Å².